The van der Waals surface area contributed by atoms with E-state index in [1.54, 1.807) is 20.2 Å². The number of rotatable bonds is 6. The minimum absolute atomic E-state index is 0.109. The van der Waals surface area contributed by atoms with Gasteiger partial charge in [-0.15, -0.1) is 0 Å². The Morgan fingerprint density at radius 2 is 1.93 bits per heavy atom. The van der Waals surface area contributed by atoms with Gasteiger partial charge in [0.2, 0.25) is 0 Å². The van der Waals surface area contributed by atoms with Crippen LogP contribution in [0.5, 0.6) is 0 Å². The van der Waals surface area contributed by atoms with Crippen molar-refractivity contribution in [3.63, 3.8) is 0 Å². The predicted molar refractivity (Wildman–Crippen MR) is 100 cm³/mol. The number of ether oxygens (including phenoxy) is 1. The van der Waals surface area contributed by atoms with Crippen LogP contribution in [0.1, 0.15) is 19.8 Å². The second kappa shape index (κ2) is 7.94. The van der Waals surface area contributed by atoms with E-state index in [1.807, 2.05) is 30.3 Å². The number of aryl methyl sites for hydroxylation is 1. The Morgan fingerprint density at radius 1 is 1.19 bits per heavy atom. The minimum atomic E-state index is -0.512. The maximum absolute atomic E-state index is 12.8. The Bertz CT molecular complexity index is 1090. The molecule has 0 atom stereocenters. The maximum Gasteiger partial charge on any atom is 0.332 e. The van der Waals surface area contributed by atoms with E-state index in [-0.39, 0.29) is 30.1 Å². The molecule has 0 fully saturated rings. The van der Waals surface area contributed by atoms with Crippen LogP contribution >= 0.6 is 0 Å². The average molecular weight is 368 g/mol. The van der Waals surface area contributed by atoms with Gasteiger partial charge in [-0.25, -0.2) is 14.8 Å². The van der Waals surface area contributed by atoms with Crippen LogP contribution in [-0.4, -0.2) is 31.7 Å². The molecule has 0 aliphatic rings. The summed E-state index contributed by atoms with van der Waals surface area (Å²) >= 11 is 0. The summed E-state index contributed by atoms with van der Waals surface area (Å²) in [5, 5.41) is 0. The van der Waals surface area contributed by atoms with Gasteiger partial charge in [-0.2, -0.15) is 0 Å². The van der Waals surface area contributed by atoms with Gasteiger partial charge in [0, 0.05) is 25.6 Å². The van der Waals surface area contributed by atoms with Gasteiger partial charge in [0.1, 0.15) is 0 Å². The van der Waals surface area contributed by atoms with Crippen molar-refractivity contribution in [1.29, 1.82) is 0 Å². The number of carbonyl (C=O) groups excluding carboxylic acids is 1. The second-order valence-electron chi connectivity index (χ2n) is 6.00. The summed E-state index contributed by atoms with van der Waals surface area (Å²) in [6.07, 6.45) is 2.00. The van der Waals surface area contributed by atoms with Gasteiger partial charge in [-0.05, 0) is 13.3 Å². The molecule has 1 aromatic carbocycles. The molecule has 0 aliphatic carbocycles. The van der Waals surface area contributed by atoms with E-state index < -0.39 is 11.2 Å². The molecule has 0 amide bonds. The highest BCUT2D eigenvalue weighted by molar-refractivity contribution is 5.73. The lowest BCUT2D eigenvalue weighted by molar-refractivity contribution is -0.143. The molecule has 8 heteroatoms. The number of aromatic nitrogens is 4. The number of esters is 1. The Hall–Kier alpha value is -3.29. The third kappa shape index (κ3) is 3.79. The zero-order valence-corrected chi connectivity index (χ0v) is 15.2. The zero-order valence-electron chi connectivity index (χ0n) is 15.2. The predicted octanol–water partition coefficient (Wildman–Crippen LogP) is 1.50. The normalized spacial score (nSPS) is 10.9. The highest BCUT2D eigenvalue weighted by Gasteiger charge is 2.15. The number of fused-ring (bicyclic) bond motifs is 1. The number of carbonyl (C=O) groups is 1. The van der Waals surface area contributed by atoms with E-state index in [1.165, 1.54) is 4.57 Å². The molecule has 3 rings (SSSR count). The number of nitrogens with zero attached hydrogens (tertiary/aromatic N) is 4. The average Bonchev–Trinajstić information content (AvgIpc) is 2.69. The summed E-state index contributed by atoms with van der Waals surface area (Å²) in [4.78, 5) is 45.5. The quantitative estimate of drug-likeness (QED) is 0.612. The molecule has 0 radical (unpaired) electrons. The first-order chi connectivity index (χ1) is 13.0. The van der Waals surface area contributed by atoms with Crippen LogP contribution in [0.2, 0.25) is 0 Å². The molecule has 0 spiro atoms. The number of hydrogen-bond donors (Lipinski definition) is 0. The molecule has 0 aliphatic heterocycles. The molecule has 140 valence electrons. The summed E-state index contributed by atoms with van der Waals surface area (Å²) in [5.41, 5.74) is 0.729. The van der Waals surface area contributed by atoms with E-state index >= 15 is 0 Å². The lowest BCUT2D eigenvalue weighted by Crippen LogP contribution is -2.40. The first-order valence-electron chi connectivity index (χ1n) is 8.70. The van der Waals surface area contributed by atoms with Gasteiger partial charge >= 0.3 is 11.7 Å². The zero-order chi connectivity index (χ0) is 19.4. The first-order valence-corrected chi connectivity index (χ1v) is 8.70. The maximum atomic E-state index is 12.8. The van der Waals surface area contributed by atoms with Gasteiger partial charge in [0.05, 0.1) is 18.5 Å². The molecule has 8 nitrogen and oxygen atoms in total. The molecule has 2 heterocycles. The Balaban J connectivity index is 2.01. The van der Waals surface area contributed by atoms with Crippen LogP contribution in [0.25, 0.3) is 22.4 Å². The largest absolute Gasteiger partial charge is 0.466 e. The summed E-state index contributed by atoms with van der Waals surface area (Å²) in [7, 11) is 1.54. The highest BCUT2D eigenvalue weighted by atomic mass is 16.5. The molecule has 0 N–H and O–H groups in total. The van der Waals surface area contributed by atoms with Crippen molar-refractivity contribution < 1.29 is 9.53 Å². The van der Waals surface area contributed by atoms with E-state index in [4.69, 9.17) is 4.74 Å². The first kappa shape index (κ1) is 18.5. The molecule has 0 saturated carbocycles. The van der Waals surface area contributed by atoms with Gasteiger partial charge in [-0.1, -0.05) is 30.3 Å². The summed E-state index contributed by atoms with van der Waals surface area (Å²) in [5.74, 6) is -0.352. The Labute approximate surface area is 155 Å². The van der Waals surface area contributed by atoms with Crippen molar-refractivity contribution in [3.05, 3.63) is 57.4 Å². The Morgan fingerprint density at radius 3 is 2.63 bits per heavy atom. The van der Waals surface area contributed by atoms with Gasteiger partial charge in [0.15, 0.2) is 11.2 Å². The van der Waals surface area contributed by atoms with Gasteiger partial charge < -0.3 is 4.74 Å². The SMILES string of the molecule is CCOC(=O)CCCn1c(=O)c2nc(-c3ccccc3)cnc2n(C)c1=O. The second-order valence-corrected chi connectivity index (χ2v) is 6.00. The Kier molecular flexibility index (Phi) is 5.44. The van der Waals surface area contributed by atoms with Crippen LogP contribution in [-0.2, 0) is 23.1 Å². The van der Waals surface area contributed by atoms with E-state index in [2.05, 4.69) is 9.97 Å². The van der Waals surface area contributed by atoms with Crippen molar-refractivity contribution >= 4 is 17.1 Å². The topological polar surface area (TPSA) is 96.1 Å². The molecule has 27 heavy (non-hydrogen) atoms. The van der Waals surface area contributed by atoms with Gasteiger partial charge in [-0.3, -0.25) is 18.7 Å². The van der Waals surface area contributed by atoms with Crippen LogP contribution in [0, 0.1) is 0 Å². The standard InChI is InChI=1S/C19H20N4O4/c1-3-27-15(24)10-7-11-23-18(25)16-17(22(2)19(23)26)20-12-14(21-16)13-8-5-4-6-9-13/h4-6,8-9,12H,3,7,10-11H2,1-2H3. The minimum Gasteiger partial charge on any atom is -0.466 e. The van der Waals surface area contributed by atoms with Crippen LogP contribution in [0.3, 0.4) is 0 Å². The third-order valence-corrected chi connectivity index (χ3v) is 4.17. The molecule has 0 saturated heterocycles. The summed E-state index contributed by atoms with van der Waals surface area (Å²) < 4.78 is 7.25. The number of benzene rings is 1. The van der Waals surface area contributed by atoms with Crippen LogP contribution in [0.4, 0.5) is 0 Å². The summed E-state index contributed by atoms with van der Waals surface area (Å²) in [6, 6.07) is 9.37. The smallest absolute Gasteiger partial charge is 0.332 e. The molecule has 0 bridgehead atoms. The molecule has 3 aromatic rings. The fraction of sp³-hybridized carbons (Fsp3) is 0.316. The molecule has 2 aromatic heterocycles. The van der Waals surface area contributed by atoms with Crippen molar-refractivity contribution in [2.24, 2.45) is 7.05 Å². The number of hydrogen-bond acceptors (Lipinski definition) is 6. The fourth-order valence-electron chi connectivity index (χ4n) is 2.82. The third-order valence-electron chi connectivity index (χ3n) is 4.17. The van der Waals surface area contributed by atoms with Crippen LogP contribution in [0.15, 0.2) is 46.1 Å². The van der Waals surface area contributed by atoms with Crippen molar-refractivity contribution in [2.75, 3.05) is 6.61 Å². The summed E-state index contributed by atoms with van der Waals surface area (Å²) in [6.45, 7) is 2.14. The lowest BCUT2D eigenvalue weighted by Gasteiger charge is -2.10. The van der Waals surface area contributed by atoms with E-state index in [0.717, 1.165) is 10.1 Å². The van der Waals surface area contributed by atoms with Crippen molar-refractivity contribution in [2.45, 2.75) is 26.3 Å². The lowest BCUT2D eigenvalue weighted by atomic mass is 10.2. The van der Waals surface area contributed by atoms with Crippen LogP contribution < -0.4 is 11.2 Å². The highest BCUT2D eigenvalue weighted by Crippen LogP contribution is 2.16. The molecule has 0 unspecified atom stereocenters. The fourth-order valence-corrected chi connectivity index (χ4v) is 2.82. The van der Waals surface area contributed by atoms with E-state index in [9.17, 15) is 14.4 Å². The van der Waals surface area contributed by atoms with Gasteiger partial charge in [0.25, 0.3) is 5.56 Å². The molecular formula is C19H20N4O4. The van der Waals surface area contributed by atoms with Crippen molar-refractivity contribution in [1.82, 2.24) is 19.1 Å². The monoisotopic (exact) mass is 368 g/mol. The molecular weight excluding hydrogens is 348 g/mol. The van der Waals surface area contributed by atoms with Crippen molar-refractivity contribution in [3.8, 4) is 11.3 Å². The van der Waals surface area contributed by atoms with E-state index in [0.29, 0.717) is 18.7 Å².